The molecule has 1 atom stereocenters. The number of carboxylic acid groups (broad SMARTS) is 1. The first-order chi connectivity index (χ1) is 9.45. The van der Waals surface area contributed by atoms with Crippen molar-refractivity contribution in [2.75, 3.05) is 13.7 Å². The van der Waals surface area contributed by atoms with E-state index in [-0.39, 0.29) is 5.91 Å². The van der Waals surface area contributed by atoms with E-state index in [9.17, 15) is 9.59 Å². The minimum Gasteiger partial charge on any atom is -0.480 e. The summed E-state index contributed by atoms with van der Waals surface area (Å²) < 4.78 is 4.89. The standard InChI is InChI=1S/C15H21NO4/c1-10-6-7-12(11(2)9-10)14(17)16-13(15(18)19)5-4-8-20-3/h6-7,9,13H,4-5,8H2,1-3H3,(H,16,17)(H,18,19). The number of amides is 1. The number of rotatable bonds is 7. The van der Waals surface area contributed by atoms with Gasteiger partial charge in [0.05, 0.1) is 0 Å². The molecule has 0 saturated carbocycles. The van der Waals surface area contributed by atoms with Crippen LogP contribution in [0.3, 0.4) is 0 Å². The molecule has 1 aromatic rings. The smallest absolute Gasteiger partial charge is 0.326 e. The molecule has 1 amide bonds. The lowest BCUT2D eigenvalue weighted by atomic mass is 10.0. The highest BCUT2D eigenvalue weighted by molar-refractivity contribution is 5.97. The average molecular weight is 279 g/mol. The fourth-order valence-electron chi connectivity index (χ4n) is 1.99. The normalized spacial score (nSPS) is 11.9. The van der Waals surface area contributed by atoms with E-state index in [0.717, 1.165) is 11.1 Å². The fourth-order valence-corrected chi connectivity index (χ4v) is 1.99. The van der Waals surface area contributed by atoms with Crippen LogP contribution in [0.15, 0.2) is 18.2 Å². The average Bonchev–Trinajstić information content (AvgIpc) is 2.37. The number of carbonyl (C=O) groups excluding carboxylic acids is 1. The molecule has 0 aliphatic heterocycles. The first-order valence-electron chi connectivity index (χ1n) is 6.55. The van der Waals surface area contributed by atoms with Crippen molar-refractivity contribution in [3.05, 3.63) is 34.9 Å². The maximum Gasteiger partial charge on any atom is 0.326 e. The molecule has 1 aromatic carbocycles. The van der Waals surface area contributed by atoms with Gasteiger partial charge in [-0.3, -0.25) is 4.79 Å². The van der Waals surface area contributed by atoms with Crippen molar-refractivity contribution in [1.29, 1.82) is 0 Å². The largest absolute Gasteiger partial charge is 0.480 e. The van der Waals surface area contributed by atoms with E-state index in [2.05, 4.69) is 5.32 Å². The Bertz CT molecular complexity index is 485. The van der Waals surface area contributed by atoms with Crippen molar-refractivity contribution in [2.45, 2.75) is 32.7 Å². The molecule has 5 nitrogen and oxygen atoms in total. The van der Waals surface area contributed by atoms with E-state index in [0.29, 0.717) is 25.0 Å². The van der Waals surface area contributed by atoms with Gasteiger partial charge >= 0.3 is 5.97 Å². The van der Waals surface area contributed by atoms with Gasteiger partial charge in [-0.25, -0.2) is 4.79 Å². The van der Waals surface area contributed by atoms with E-state index in [4.69, 9.17) is 9.84 Å². The van der Waals surface area contributed by atoms with E-state index >= 15 is 0 Å². The summed E-state index contributed by atoms with van der Waals surface area (Å²) in [5.41, 5.74) is 2.41. The van der Waals surface area contributed by atoms with E-state index in [1.807, 2.05) is 26.0 Å². The number of ether oxygens (including phenoxy) is 1. The van der Waals surface area contributed by atoms with Crippen molar-refractivity contribution in [3.8, 4) is 0 Å². The predicted octanol–water partition coefficient (Wildman–Crippen LogP) is 1.91. The summed E-state index contributed by atoms with van der Waals surface area (Å²) in [6, 6.07) is 4.56. The number of carboxylic acids is 1. The van der Waals surface area contributed by atoms with Crippen molar-refractivity contribution < 1.29 is 19.4 Å². The van der Waals surface area contributed by atoms with Gasteiger partial charge in [-0.05, 0) is 38.3 Å². The third kappa shape index (κ3) is 4.66. The highest BCUT2D eigenvalue weighted by Crippen LogP contribution is 2.11. The molecule has 1 rings (SSSR count). The van der Waals surface area contributed by atoms with Gasteiger partial charge in [-0.15, -0.1) is 0 Å². The Morgan fingerprint density at radius 3 is 2.60 bits per heavy atom. The Labute approximate surface area is 118 Å². The highest BCUT2D eigenvalue weighted by atomic mass is 16.5. The Kier molecular flexibility index (Phi) is 6.18. The summed E-state index contributed by atoms with van der Waals surface area (Å²) in [7, 11) is 1.56. The number of nitrogens with one attached hydrogen (secondary N) is 1. The number of benzene rings is 1. The molecular formula is C15H21NO4. The number of methoxy groups -OCH3 is 1. The molecule has 5 heteroatoms. The molecule has 0 saturated heterocycles. The Morgan fingerprint density at radius 2 is 2.05 bits per heavy atom. The number of carbonyl (C=O) groups is 2. The summed E-state index contributed by atoms with van der Waals surface area (Å²) in [5, 5.41) is 11.7. The minimum absolute atomic E-state index is 0.347. The zero-order valence-corrected chi connectivity index (χ0v) is 12.1. The second kappa shape index (κ2) is 7.65. The van der Waals surface area contributed by atoms with Gasteiger partial charge in [0, 0.05) is 19.3 Å². The van der Waals surface area contributed by atoms with Gasteiger partial charge in [0.2, 0.25) is 0 Å². The van der Waals surface area contributed by atoms with E-state index in [1.54, 1.807) is 13.2 Å². The lowest BCUT2D eigenvalue weighted by Gasteiger charge is -2.15. The Balaban J connectivity index is 2.72. The molecule has 2 N–H and O–H groups in total. The number of aryl methyl sites for hydroxylation is 2. The van der Waals surface area contributed by atoms with Gasteiger partial charge in [-0.1, -0.05) is 17.7 Å². The third-order valence-electron chi connectivity index (χ3n) is 3.07. The van der Waals surface area contributed by atoms with Gasteiger partial charge in [-0.2, -0.15) is 0 Å². The van der Waals surface area contributed by atoms with Crippen LogP contribution in [-0.2, 0) is 9.53 Å². The summed E-state index contributed by atoms with van der Waals surface area (Å²) in [6.07, 6.45) is 0.931. The molecule has 110 valence electrons. The molecule has 0 aliphatic carbocycles. The van der Waals surface area contributed by atoms with Gasteiger partial charge in [0.25, 0.3) is 5.91 Å². The van der Waals surface area contributed by atoms with Crippen molar-refractivity contribution in [3.63, 3.8) is 0 Å². The SMILES string of the molecule is COCCCC(NC(=O)c1ccc(C)cc1C)C(=O)O. The first-order valence-corrected chi connectivity index (χ1v) is 6.55. The molecule has 0 bridgehead atoms. The van der Waals surface area contributed by atoms with Crippen LogP contribution in [0.4, 0.5) is 0 Å². The maximum atomic E-state index is 12.1. The molecule has 0 spiro atoms. The van der Waals surface area contributed by atoms with E-state index < -0.39 is 12.0 Å². The quantitative estimate of drug-likeness (QED) is 0.748. The van der Waals surface area contributed by atoms with Crippen LogP contribution in [0.25, 0.3) is 0 Å². The molecule has 0 heterocycles. The van der Waals surface area contributed by atoms with Crippen LogP contribution in [0, 0.1) is 13.8 Å². The van der Waals surface area contributed by atoms with Gasteiger partial charge < -0.3 is 15.2 Å². The van der Waals surface area contributed by atoms with E-state index in [1.165, 1.54) is 0 Å². The minimum atomic E-state index is -1.03. The van der Waals surface area contributed by atoms with Gasteiger partial charge in [0.1, 0.15) is 6.04 Å². The molecule has 0 aromatic heterocycles. The summed E-state index contributed by atoms with van der Waals surface area (Å²) in [5.74, 6) is -1.38. The van der Waals surface area contributed by atoms with Crippen LogP contribution in [0.2, 0.25) is 0 Å². The zero-order chi connectivity index (χ0) is 15.1. The van der Waals surface area contributed by atoms with Crippen LogP contribution in [0.1, 0.15) is 34.3 Å². The zero-order valence-electron chi connectivity index (χ0n) is 12.1. The molecule has 0 aliphatic rings. The summed E-state index contributed by atoms with van der Waals surface area (Å²) in [4.78, 5) is 23.3. The van der Waals surface area contributed by atoms with Gasteiger partial charge in [0.15, 0.2) is 0 Å². The molecule has 0 fully saturated rings. The van der Waals surface area contributed by atoms with Crippen LogP contribution in [0.5, 0.6) is 0 Å². The fraction of sp³-hybridized carbons (Fsp3) is 0.467. The Morgan fingerprint density at radius 1 is 1.35 bits per heavy atom. The monoisotopic (exact) mass is 279 g/mol. The van der Waals surface area contributed by atoms with Crippen molar-refractivity contribution >= 4 is 11.9 Å². The lowest BCUT2D eigenvalue weighted by molar-refractivity contribution is -0.139. The predicted molar refractivity (Wildman–Crippen MR) is 75.9 cm³/mol. The second-order valence-corrected chi connectivity index (χ2v) is 4.82. The first kappa shape index (κ1) is 16.2. The lowest BCUT2D eigenvalue weighted by Crippen LogP contribution is -2.41. The molecule has 0 radical (unpaired) electrons. The van der Waals surface area contributed by atoms with Crippen LogP contribution >= 0.6 is 0 Å². The second-order valence-electron chi connectivity index (χ2n) is 4.82. The molecule has 1 unspecified atom stereocenters. The van der Waals surface area contributed by atoms with Crippen molar-refractivity contribution in [2.24, 2.45) is 0 Å². The Hall–Kier alpha value is -1.88. The third-order valence-corrected chi connectivity index (χ3v) is 3.07. The number of hydrogen-bond acceptors (Lipinski definition) is 3. The molecule has 20 heavy (non-hydrogen) atoms. The topological polar surface area (TPSA) is 75.6 Å². The van der Waals surface area contributed by atoms with Crippen LogP contribution < -0.4 is 5.32 Å². The summed E-state index contributed by atoms with van der Waals surface area (Å²) in [6.45, 7) is 4.26. The number of aliphatic carboxylic acids is 1. The van der Waals surface area contributed by atoms with Crippen LogP contribution in [-0.4, -0.2) is 36.7 Å². The molecular weight excluding hydrogens is 258 g/mol. The maximum absolute atomic E-state index is 12.1. The number of hydrogen-bond donors (Lipinski definition) is 2. The highest BCUT2D eigenvalue weighted by Gasteiger charge is 2.20. The summed E-state index contributed by atoms with van der Waals surface area (Å²) >= 11 is 0. The van der Waals surface area contributed by atoms with Crippen molar-refractivity contribution in [1.82, 2.24) is 5.32 Å².